The first-order valence-corrected chi connectivity index (χ1v) is 5.87. The second kappa shape index (κ2) is 3.90. The number of rotatable bonds is 1. The van der Waals surface area contributed by atoms with Crippen LogP contribution >= 0.6 is 0 Å². The van der Waals surface area contributed by atoms with Gasteiger partial charge in [0.05, 0.1) is 0 Å². The van der Waals surface area contributed by atoms with E-state index in [1.807, 2.05) is 4.90 Å². The summed E-state index contributed by atoms with van der Waals surface area (Å²) in [6.07, 6.45) is 5.14. The number of likely N-dealkylation sites (tertiary alicyclic amines) is 1. The van der Waals surface area contributed by atoms with Gasteiger partial charge in [-0.25, -0.2) is 0 Å². The lowest BCUT2D eigenvalue weighted by Crippen LogP contribution is -2.39. The number of nitrogens with one attached hydrogen (secondary N) is 2. The van der Waals surface area contributed by atoms with E-state index in [1.165, 1.54) is 12.8 Å². The summed E-state index contributed by atoms with van der Waals surface area (Å²) in [6, 6.07) is 2.84. The van der Waals surface area contributed by atoms with Gasteiger partial charge in [0, 0.05) is 31.4 Å². The first-order valence-electron chi connectivity index (χ1n) is 5.87. The van der Waals surface area contributed by atoms with Crippen LogP contribution < -0.4 is 5.32 Å². The lowest BCUT2D eigenvalue weighted by Gasteiger charge is -2.23. The Morgan fingerprint density at radius 1 is 1.38 bits per heavy atom. The van der Waals surface area contributed by atoms with Gasteiger partial charge in [-0.2, -0.15) is 5.10 Å². The van der Waals surface area contributed by atoms with E-state index in [0.29, 0.717) is 17.8 Å². The number of fused-ring (bicyclic) bond motifs is 2. The maximum Gasteiger partial charge on any atom is 0.271 e. The van der Waals surface area contributed by atoms with Crippen molar-refractivity contribution in [2.75, 3.05) is 13.1 Å². The Bertz CT molecular complexity index is 375. The molecule has 2 atom stereocenters. The molecule has 3 rings (SSSR count). The summed E-state index contributed by atoms with van der Waals surface area (Å²) in [5.41, 5.74) is 0.595. The van der Waals surface area contributed by atoms with E-state index in [9.17, 15) is 4.79 Å². The molecule has 1 aromatic heterocycles. The zero-order valence-electron chi connectivity index (χ0n) is 9.15. The first kappa shape index (κ1) is 9.84. The van der Waals surface area contributed by atoms with Gasteiger partial charge in [0.1, 0.15) is 5.69 Å². The van der Waals surface area contributed by atoms with Crippen LogP contribution in [0.5, 0.6) is 0 Å². The van der Waals surface area contributed by atoms with Crippen molar-refractivity contribution in [2.45, 2.75) is 31.3 Å². The van der Waals surface area contributed by atoms with Crippen LogP contribution in [0.2, 0.25) is 0 Å². The number of aromatic nitrogens is 2. The van der Waals surface area contributed by atoms with Crippen LogP contribution in [-0.2, 0) is 0 Å². The molecular weight excluding hydrogens is 204 g/mol. The number of H-pyrrole nitrogens is 1. The molecule has 5 heteroatoms. The van der Waals surface area contributed by atoms with Crippen molar-refractivity contribution in [2.24, 2.45) is 0 Å². The Morgan fingerprint density at radius 3 is 3.06 bits per heavy atom. The molecule has 0 saturated carbocycles. The van der Waals surface area contributed by atoms with E-state index in [1.54, 1.807) is 12.3 Å². The zero-order valence-corrected chi connectivity index (χ0v) is 9.15. The van der Waals surface area contributed by atoms with Gasteiger partial charge in [-0.05, 0) is 25.3 Å². The van der Waals surface area contributed by atoms with Gasteiger partial charge in [0.2, 0.25) is 0 Å². The largest absolute Gasteiger partial charge is 0.336 e. The van der Waals surface area contributed by atoms with Crippen molar-refractivity contribution in [1.82, 2.24) is 20.4 Å². The SMILES string of the molecule is O=C(c1ccn[nH]1)N1CCC2CCC(C1)N2. The normalized spacial score (nSPS) is 29.1. The highest BCUT2D eigenvalue weighted by Gasteiger charge is 2.31. The molecule has 3 heterocycles. The average Bonchev–Trinajstić information content (AvgIpc) is 2.87. The minimum atomic E-state index is 0.0758. The van der Waals surface area contributed by atoms with Gasteiger partial charge in [0.25, 0.3) is 5.91 Å². The van der Waals surface area contributed by atoms with E-state index in [2.05, 4.69) is 15.5 Å². The third-order valence-electron chi connectivity index (χ3n) is 3.54. The summed E-state index contributed by atoms with van der Waals surface area (Å²) in [5.74, 6) is 0.0758. The molecule has 2 fully saturated rings. The standard InChI is InChI=1S/C11H16N4O/c16-11(10-3-5-12-14-10)15-6-4-8-1-2-9(7-15)13-8/h3,5,8-9,13H,1-2,4,6-7H2,(H,12,14). The molecule has 0 radical (unpaired) electrons. The molecule has 86 valence electrons. The molecule has 2 saturated heterocycles. The van der Waals surface area contributed by atoms with Crippen molar-refractivity contribution in [3.8, 4) is 0 Å². The molecule has 2 aliphatic heterocycles. The summed E-state index contributed by atoms with van der Waals surface area (Å²) in [5, 5.41) is 10.1. The van der Waals surface area contributed by atoms with Gasteiger partial charge < -0.3 is 10.2 Å². The van der Waals surface area contributed by atoms with Gasteiger partial charge in [-0.15, -0.1) is 0 Å². The van der Waals surface area contributed by atoms with Gasteiger partial charge in [-0.3, -0.25) is 9.89 Å². The number of nitrogens with zero attached hydrogens (tertiary/aromatic N) is 2. The first-order chi connectivity index (χ1) is 7.83. The molecule has 1 amide bonds. The van der Waals surface area contributed by atoms with E-state index in [-0.39, 0.29) is 5.91 Å². The molecule has 5 nitrogen and oxygen atoms in total. The van der Waals surface area contributed by atoms with Crippen molar-refractivity contribution in [1.29, 1.82) is 0 Å². The molecule has 2 aliphatic rings. The maximum absolute atomic E-state index is 12.1. The smallest absolute Gasteiger partial charge is 0.271 e. The second-order valence-electron chi connectivity index (χ2n) is 4.65. The molecule has 2 bridgehead atoms. The highest BCUT2D eigenvalue weighted by atomic mass is 16.2. The minimum Gasteiger partial charge on any atom is -0.336 e. The molecule has 1 aromatic rings. The number of hydrogen-bond acceptors (Lipinski definition) is 3. The third-order valence-corrected chi connectivity index (χ3v) is 3.54. The number of amides is 1. The number of aromatic amines is 1. The van der Waals surface area contributed by atoms with E-state index >= 15 is 0 Å². The Hall–Kier alpha value is -1.36. The average molecular weight is 220 g/mol. The van der Waals surface area contributed by atoms with E-state index in [4.69, 9.17) is 0 Å². The summed E-state index contributed by atoms with van der Waals surface area (Å²) in [4.78, 5) is 14.1. The molecule has 2 unspecified atom stereocenters. The summed E-state index contributed by atoms with van der Waals surface area (Å²) in [7, 11) is 0. The fraction of sp³-hybridized carbons (Fsp3) is 0.636. The Morgan fingerprint density at radius 2 is 2.25 bits per heavy atom. The van der Waals surface area contributed by atoms with Crippen LogP contribution in [-0.4, -0.2) is 46.2 Å². The highest BCUT2D eigenvalue weighted by molar-refractivity contribution is 5.92. The van der Waals surface area contributed by atoms with Crippen LogP contribution in [0.15, 0.2) is 12.3 Å². The van der Waals surface area contributed by atoms with Crippen molar-refractivity contribution in [3.05, 3.63) is 18.0 Å². The Balaban J connectivity index is 1.73. The minimum absolute atomic E-state index is 0.0758. The molecule has 0 aromatic carbocycles. The quantitative estimate of drug-likeness (QED) is 0.719. The molecule has 2 N–H and O–H groups in total. The lowest BCUT2D eigenvalue weighted by atomic mass is 10.1. The number of carbonyl (C=O) groups is 1. The number of hydrogen-bond donors (Lipinski definition) is 2. The van der Waals surface area contributed by atoms with Gasteiger partial charge >= 0.3 is 0 Å². The van der Waals surface area contributed by atoms with Crippen LogP contribution in [0.25, 0.3) is 0 Å². The van der Waals surface area contributed by atoms with Crippen molar-refractivity contribution >= 4 is 5.91 Å². The fourth-order valence-electron chi connectivity index (χ4n) is 2.67. The van der Waals surface area contributed by atoms with Gasteiger partial charge in [-0.1, -0.05) is 0 Å². The van der Waals surface area contributed by atoms with Crippen molar-refractivity contribution in [3.63, 3.8) is 0 Å². The van der Waals surface area contributed by atoms with E-state index < -0.39 is 0 Å². The van der Waals surface area contributed by atoms with Crippen LogP contribution in [0, 0.1) is 0 Å². The van der Waals surface area contributed by atoms with Crippen LogP contribution in [0.1, 0.15) is 29.8 Å². The Kier molecular flexibility index (Phi) is 2.40. The second-order valence-corrected chi connectivity index (χ2v) is 4.65. The van der Waals surface area contributed by atoms with Crippen molar-refractivity contribution < 1.29 is 4.79 Å². The summed E-state index contributed by atoms with van der Waals surface area (Å²) in [6.45, 7) is 1.68. The highest BCUT2D eigenvalue weighted by Crippen LogP contribution is 2.21. The summed E-state index contributed by atoms with van der Waals surface area (Å²) >= 11 is 0. The third kappa shape index (κ3) is 1.71. The zero-order chi connectivity index (χ0) is 11.0. The summed E-state index contributed by atoms with van der Waals surface area (Å²) < 4.78 is 0. The molecule has 0 aliphatic carbocycles. The van der Waals surface area contributed by atoms with Crippen LogP contribution in [0.4, 0.5) is 0 Å². The monoisotopic (exact) mass is 220 g/mol. The number of carbonyl (C=O) groups excluding carboxylic acids is 1. The van der Waals surface area contributed by atoms with Crippen LogP contribution in [0.3, 0.4) is 0 Å². The molecular formula is C11H16N4O. The molecule has 0 spiro atoms. The predicted molar refractivity (Wildman–Crippen MR) is 59.1 cm³/mol. The lowest BCUT2D eigenvalue weighted by molar-refractivity contribution is 0.0742. The Labute approximate surface area is 94.2 Å². The topological polar surface area (TPSA) is 61.0 Å². The van der Waals surface area contributed by atoms with E-state index in [0.717, 1.165) is 19.5 Å². The maximum atomic E-state index is 12.1. The fourth-order valence-corrected chi connectivity index (χ4v) is 2.67. The van der Waals surface area contributed by atoms with Gasteiger partial charge in [0.15, 0.2) is 0 Å². The molecule has 16 heavy (non-hydrogen) atoms. The predicted octanol–water partition coefficient (Wildman–Crippen LogP) is 0.376.